The van der Waals surface area contributed by atoms with Gasteiger partial charge in [-0.25, -0.2) is 19.3 Å². The highest BCUT2D eigenvalue weighted by atomic mass is 32.1. The first-order chi connectivity index (χ1) is 20.5. The number of ether oxygens (including phenoxy) is 1. The van der Waals surface area contributed by atoms with Crippen LogP contribution in [-0.2, 0) is 29.0 Å². The van der Waals surface area contributed by atoms with Crippen LogP contribution in [0.1, 0.15) is 25.0 Å². The van der Waals surface area contributed by atoms with Crippen LogP contribution in [0, 0.1) is 0 Å². The molecule has 17 heteroatoms. The van der Waals surface area contributed by atoms with Crippen LogP contribution in [-0.4, -0.2) is 109 Å². The highest BCUT2D eigenvalue weighted by Crippen LogP contribution is 2.38. The van der Waals surface area contributed by atoms with Gasteiger partial charge in [-0.15, -0.1) is 5.10 Å². The predicted octanol–water partition coefficient (Wildman–Crippen LogP) is 2.25. The van der Waals surface area contributed by atoms with Gasteiger partial charge in [-0.1, -0.05) is 0 Å². The number of pyridine rings is 1. The Morgan fingerprint density at radius 3 is 2.53 bits per heavy atom. The minimum Gasteiger partial charge on any atom is -0.377 e. The molecule has 43 heavy (non-hydrogen) atoms. The molecule has 1 atom stereocenters. The monoisotopic (exact) mass is 625 g/mol. The lowest BCUT2D eigenvalue weighted by atomic mass is 10.1. The maximum Gasteiger partial charge on any atom is 0.417 e. The number of alkyl halides is 3. The molecule has 0 spiro atoms. The first-order valence-corrected chi connectivity index (χ1v) is 14.4. The third-order valence-corrected chi connectivity index (χ3v) is 7.17. The molecular formula is C26H34F3N9O4S. The Morgan fingerprint density at radius 1 is 1.16 bits per heavy atom. The second-order valence-corrected chi connectivity index (χ2v) is 10.4. The van der Waals surface area contributed by atoms with Crippen LogP contribution in [0.3, 0.4) is 0 Å². The Morgan fingerprint density at radius 2 is 1.88 bits per heavy atom. The van der Waals surface area contributed by atoms with Crippen molar-refractivity contribution in [1.29, 1.82) is 0 Å². The Kier molecular flexibility index (Phi) is 10.6. The van der Waals surface area contributed by atoms with Crippen molar-refractivity contribution in [1.82, 2.24) is 34.7 Å². The van der Waals surface area contributed by atoms with Gasteiger partial charge in [-0.2, -0.15) is 21.6 Å². The average Bonchev–Trinajstić information content (AvgIpc) is 3.36. The van der Waals surface area contributed by atoms with Crippen LogP contribution in [0.2, 0.25) is 0 Å². The van der Waals surface area contributed by atoms with Crippen molar-refractivity contribution in [2.75, 3.05) is 69.7 Å². The van der Waals surface area contributed by atoms with Crippen molar-refractivity contribution < 1.29 is 31.1 Å². The molecule has 3 aromatic rings. The number of aromatic nitrogens is 4. The predicted molar refractivity (Wildman–Crippen MR) is 153 cm³/mol. The molecule has 234 valence electrons. The van der Waals surface area contributed by atoms with Crippen LogP contribution in [0.4, 0.5) is 29.6 Å². The molecule has 5 heterocycles. The van der Waals surface area contributed by atoms with E-state index in [0.29, 0.717) is 38.7 Å². The third-order valence-electron chi connectivity index (χ3n) is 7.17. The van der Waals surface area contributed by atoms with Gasteiger partial charge in [0, 0.05) is 58.2 Å². The van der Waals surface area contributed by atoms with Crippen molar-refractivity contribution in [3.63, 3.8) is 0 Å². The number of carbonyl (C=O) groups excluding carboxylic acids is 1. The quantitative estimate of drug-likeness (QED) is 0.420. The van der Waals surface area contributed by atoms with Crippen molar-refractivity contribution in [3.05, 3.63) is 35.7 Å². The largest absolute Gasteiger partial charge is 0.417 e. The molecular weight excluding hydrogens is 591 g/mol. The smallest absolute Gasteiger partial charge is 0.377 e. The topological polar surface area (TPSA) is 137 Å². The molecule has 5 rings (SSSR count). The zero-order valence-corrected chi connectivity index (χ0v) is 24.9. The molecule has 0 aromatic carbocycles. The molecule has 0 bridgehead atoms. The summed E-state index contributed by atoms with van der Waals surface area (Å²) in [6.45, 7) is 10.1. The van der Waals surface area contributed by atoms with E-state index in [1.165, 1.54) is 0 Å². The second-order valence-electron chi connectivity index (χ2n) is 10.3. The van der Waals surface area contributed by atoms with E-state index in [9.17, 15) is 18.0 Å². The number of piperazine rings is 1. The minimum absolute atomic E-state index is 0.0276. The van der Waals surface area contributed by atoms with Crippen LogP contribution >= 0.6 is 0 Å². The number of halogens is 3. The summed E-state index contributed by atoms with van der Waals surface area (Å²) < 4.78 is 66.6. The molecule has 2 saturated heterocycles. The molecule has 13 nitrogen and oxygen atoms in total. The molecule has 2 aliphatic heterocycles. The second kappa shape index (κ2) is 14.2. The third kappa shape index (κ3) is 8.04. The van der Waals surface area contributed by atoms with Crippen LogP contribution < -0.4 is 15.5 Å². The van der Waals surface area contributed by atoms with E-state index >= 15 is 0 Å². The number of nitrogens with zero attached hydrogens (tertiary/aromatic N) is 7. The van der Waals surface area contributed by atoms with Crippen molar-refractivity contribution in [2.45, 2.75) is 32.6 Å². The van der Waals surface area contributed by atoms with Crippen LogP contribution in [0.25, 0.3) is 16.9 Å². The minimum atomic E-state index is -4.73. The van der Waals surface area contributed by atoms with Crippen molar-refractivity contribution >= 4 is 34.8 Å². The Bertz CT molecular complexity index is 1460. The zero-order valence-electron chi connectivity index (χ0n) is 24.1. The summed E-state index contributed by atoms with van der Waals surface area (Å²) in [5, 5.41) is 9.35. The first-order valence-electron chi connectivity index (χ1n) is 13.7. The highest BCUT2D eigenvalue weighted by molar-refractivity contribution is 7.51. The highest BCUT2D eigenvalue weighted by Gasteiger charge is 2.36. The molecule has 0 unspecified atom stereocenters. The number of morpholine rings is 1. The van der Waals surface area contributed by atoms with Crippen LogP contribution in [0.15, 0.2) is 24.5 Å². The van der Waals surface area contributed by atoms with Gasteiger partial charge in [0.25, 0.3) is 0 Å². The molecule has 0 aliphatic carbocycles. The molecule has 2 amide bonds. The molecule has 0 radical (unpaired) electrons. The number of hydrogen-bond donors (Lipinski definition) is 2. The van der Waals surface area contributed by atoms with Gasteiger partial charge in [0.1, 0.15) is 11.3 Å². The summed E-state index contributed by atoms with van der Waals surface area (Å²) in [6.07, 6.45) is -1.81. The Labute approximate surface area is 250 Å². The van der Waals surface area contributed by atoms with Gasteiger partial charge in [-0.05, 0) is 38.6 Å². The lowest BCUT2D eigenvalue weighted by Gasteiger charge is -2.34. The number of amides is 2. The van der Waals surface area contributed by atoms with E-state index in [0.717, 1.165) is 49.5 Å². The number of likely N-dealkylation sites (N-methyl/N-ethyl adjacent to an activating group) is 1. The number of rotatable bonds is 6. The van der Waals surface area contributed by atoms with Crippen molar-refractivity contribution in [3.8, 4) is 11.4 Å². The van der Waals surface area contributed by atoms with Gasteiger partial charge in [-0.3, -0.25) is 10.2 Å². The zero-order chi connectivity index (χ0) is 31.1. The number of nitrogens with one attached hydrogen (secondary N) is 2. The number of anilines is 2. The average molecular weight is 626 g/mol. The van der Waals surface area contributed by atoms with Gasteiger partial charge >= 0.3 is 23.8 Å². The van der Waals surface area contributed by atoms with E-state index < -0.39 is 29.3 Å². The van der Waals surface area contributed by atoms with Crippen LogP contribution in [0.5, 0.6) is 0 Å². The van der Waals surface area contributed by atoms with Gasteiger partial charge < -0.3 is 19.9 Å². The summed E-state index contributed by atoms with van der Waals surface area (Å²) >= 11 is -0.750. The number of hydrogen-bond acceptors (Lipinski definition) is 10. The van der Waals surface area contributed by atoms with E-state index in [2.05, 4.69) is 47.4 Å². The van der Waals surface area contributed by atoms with E-state index in [1.54, 1.807) is 11.4 Å². The number of carbonyl (C=O) groups is 1. The van der Waals surface area contributed by atoms with E-state index in [4.69, 9.17) is 13.2 Å². The Balaban J connectivity index is 0.00000135. The summed E-state index contributed by atoms with van der Waals surface area (Å²) in [5.41, 5.74) is 0.471. The van der Waals surface area contributed by atoms with Crippen molar-refractivity contribution in [2.24, 2.45) is 0 Å². The lowest BCUT2D eigenvalue weighted by Crippen LogP contribution is -2.44. The molecule has 0 saturated carbocycles. The molecule has 3 aromatic heterocycles. The maximum absolute atomic E-state index is 14.3. The van der Waals surface area contributed by atoms with Gasteiger partial charge in [0.15, 0.2) is 11.6 Å². The van der Waals surface area contributed by atoms with E-state index in [-0.39, 0.29) is 23.2 Å². The van der Waals surface area contributed by atoms with Gasteiger partial charge in [0.05, 0.1) is 30.4 Å². The fourth-order valence-electron chi connectivity index (χ4n) is 5.01. The normalized spacial score (nSPS) is 18.2. The fourth-order valence-corrected chi connectivity index (χ4v) is 5.01. The summed E-state index contributed by atoms with van der Waals surface area (Å²) in [6, 6.07) is 2.16. The maximum atomic E-state index is 14.3. The van der Waals surface area contributed by atoms with E-state index in [1.807, 2.05) is 19.2 Å². The molecule has 2 N–H and O–H groups in total. The summed E-state index contributed by atoms with van der Waals surface area (Å²) in [5.74, 6) is 0.218. The Hall–Kier alpha value is -3.67. The molecule has 2 fully saturated rings. The lowest BCUT2D eigenvalue weighted by molar-refractivity contribution is -0.137. The molecule has 2 aliphatic rings. The SMILES string of the molecule is CCNC(=O)Nc1cc(C(F)(F)F)c(-c2nc(N3CCOC[C@@H]3C)c3cc(CN4CCN(C)CC4)cn3n2)cn1.O=S=O. The summed E-state index contributed by atoms with van der Waals surface area (Å²) in [4.78, 5) is 27.3. The summed E-state index contributed by atoms with van der Waals surface area (Å²) in [7, 11) is 2.10. The number of urea groups is 1. The number of fused-ring (bicyclic) bond motifs is 1. The van der Waals surface area contributed by atoms with Gasteiger partial charge in [0.2, 0.25) is 0 Å². The fraction of sp³-hybridized carbons (Fsp3) is 0.538. The standard InChI is InChI=1S/C26H34F3N9O2.O2S/c1-4-30-25(39)32-22-12-20(26(27,28)29)19(13-31-22)23-33-24(37-9-10-40-16-17(37)2)21-11-18(15-38(21)34-23)14-36-7-5-35(3)6-8-36;1-3-2/h11-13,15,17H,4-10,14,16H2,1-3H3,(H2,30,31,32,39);/t17-;/m0./s1. The first kappa shape index (κ1) is 32.2.